The predicted octanol–water partition coefficient (Wildman–Crippen LogP) is 2.18. The minimum atomic E-state index is -0.408. The number of carbonyl (C=O) groups excluding carboxylic acids is 1. The highest BCUT2D eigenvalue weighted by molar-refractivity contribution is 5.88. The highest BCUT2D eigenvalue weighted by Gasteiger charge is 2.35. The van der Waals surface area contributed by atoms with Crippen LogP contribution in [0.5, 0.6) is 0 Å². The first kappa shape index (κ1) is 14.0. The molecule has 1 aliphatic carbocycles. The molecule has 2 unspecified atom stereocenters. The summed E-state index contributed by atoms with van der Waals surface area (Å²) in [5.74, 6) is 0.446. The molecule has 3 nitrogen and oxygen atoms in total. The van der Waals surface area contributed by atoms with Gasteiger partial charge in [-0.05, 0) is 25.7 Å². The summed E-state index contributed by atoms with van der Waals surface area (Å²) < 4.78 is 0. The summed E-state index contributed by atoms with van der Waals surface area (Å²) in [6, 6.07) is 0. The number of aliphatic hydroxyl groups excluding tert-OH is 1. The molecule has 0 aromatic carbocycles. The summed E-state index contributed by atoms with van der Waals surface area (Å²) in [4.78, 5) is 11.7. The first-order chi connectivity index (χ1) is 8.12. The van der Waals surface area contributed by atoms with Gasteiger partial charge in [-0.3, -0.25) is 4.79 Å². The Labute approximate surface area is 104 Å². The standard InChI is InChI=1S/C14H23NO2/c1-3-4-5-8-13(17)15-14(11-16)9-6-7-12(2)10-14/h3-5,8,12,16H,6-7,9-11H2,1-2H3,(H,15,17)/b4-3+,8-5+. The second-order valence-corrected chi connectivity index (χ2v) is 5.01. The van der Waals surface area contributed by atoms with E-state index in [9.17, 15) is 9.90 Å². The third-order valence-electron chi connectivity index (χ3n) is 3.33. The van der Waals surface area contributed by atoms with Crippen LogP contribution in [0.1, 0.15) is 39.5 Å². The van der Waals surface area contributed by atoms with Crippen molar-refractivity contribution in [1.29, 1.82) is 0 Å². The molecule has 0 saturated heterocycles. The molecule has 0 aromatic heterocycles. The molecular weight excluding hydrogens is 214 g/mol. The van der Waals surface area contributed by atoms with E-state index in [4.69, 9.17) is 0 Å². The van der Waals surface area contributed by atoms with Crippen LogP contribution in [-0.4, -0.2) is 23.2 Å². The van der Waals surface area contributed by atoms with E-state index in [2.05, 4.69) is 12.2 Å². The third-order valence-corrected chi connectivity index (χ3v) is 3.33. The summed E-state index contributed by atoms with van der Waals surface area (Å²) in [5, 5.41) is 12.5. The van der Waals surface area contributed by atoms with Gasteiger partial charge >= 0.3 is 0 Å². The molecule has 1 saturated carbocycles. The lowest BCUT2D eigenvalue weighted by Gasteiger charge is -2.39. The molecular formula is C14H23NO2. The van der Waals surface area contributed by atoms with E-state index < -0.39 is 5.54 Å². The van der Waals surface area contributed by atoms with Crippen molar-refractivity contribution >= 4 is 5.91 Å². The molecule has 1 amide bonds. The van der Waals surface area contributed by atoms with Crippen LogP contribution in [0.4, 0.5) is 0 Å². The Morgan fingerprint density at radius 1 is 1.53 bits per heavy atom. The highest BCUT2D eigenvalue weighted by Crippen LogP contribution is 2.31. The maximum absolute atomic E-state index is 11.7. The van der Waals surface area contributed by atoms with Crippen LogP contribution in [0.25, 0.3) is 0 Å². The monoisotopic (exact) mass is 237 g/mol. The molecule has 1 rings (SSSR count). The maximum Gasteiger partial charge on any atom is 0.244 e. The summed E-state index contributed by atoms with van der Waals surface area (Å²) >= 11 is 0. The average Bonchev–Trinajstić information content (AvgIpc) is 2.29. The van der Waals surface area contributed by atoms with Gasteiger partial charge in [-0.2, -0.15) is 0 Å². The van der Waals surface area contributed by atoms with Gasteiger partial charge in [0.05, 0.1) is 12.1 Å². The Morgan fingerprint density at radius 2 is 2.29 bits per heavy atom. The van der Waals surface area contributed by atoms with Crippen molar-refractivity contribution in [2.24, 2.45) is 5.92 Å². The van der Waals surface area contributed by atoms with Crippen molar-refractivity contribution in [1.82, 2.24) is 5.32 Å². The fourth-order valence-electron chi connectivity index (χ4n) is 2.51. The molecule has 2 atom stereocenters. The lowest BCUT2D eigenvalue weighted by molar-refractivity contribution is -0.119. The Hall–Kier alpha value is -1.09. The number of allylic oxidation sites excluding steroid dienone is 3. The number of hydrogen-bond donors (Lipinski definition) is 2. The summed E-state index contributed by atoms with van der Waals surface area (Å²) in [7, 11) is 0. The molecule has 0 aliphatic heterocycles. The summed E-state index contributed by atoms with van der Waals surface area (Å²) in [6.45, 7) is 4.10. The molecule has 3 heteroatoms. The Balaban J connectivity index is 2.59. The lowest BCUT2D eigenvalue weighted by Crippen LogP contribution is -2.53. The van der Waals surface area contributed by atoms with Crippen LogP contribution in [0.3, 0.4) is 0 Å². The van der Waals surface area contributed by atoms with Gasteiger partial charge in [-0.1, -0.05) is 38.0 Å². The molecule has 0 spiro atoms. The maximum atomic E-state index is 11.7. The molecule has 0 bridgehead atoms. The minimum Gasteiger partial charge on any atom is -0.394 e. The van der Waals surface area contributed by atoms with E-state index >= 15 is 0 Å². The Morgan fingerprint density at radius 3 is 2.88 bits per heavy atom. The summed E-state index contributed by atoms with van der Waals surface area (Å²) in [6.07, 6.45) is 10.9. The molecule has 2 N–H and O–H groups in total. The van der Waals surface area contributed by atoms with E-state index in [0.717, 1.165) is 19.3 Å². The molecule has 0 heterocycles. The van der Waals surface area contributed by atoms with Crippen LogP contribution in [0.15, 0.2) is 24.3 Å². The zero-order chi connectivity index (χ0) is 12.7. The lowest BCUT2D eigenvalue weighted by atomic mass is 9.77. The van der Waals surface area contributed by atoms with Crippen LogP contribution < -0.4 is 5.32 Å². The topological polar surface area (TPSA) is 49.3 Å². The fourth-order valence-corrected chi connectivity index (χ4v) is 2.51. The Kier molecular flexibility index (Phi) is 5.42. The molecule has 1 fully saturated rings. The number of rotatable bonds is 4. The van der Waals surface area contributed by atoms with Crippen molar-refractivity contribution in [3.8, 4) is 0 Å². The smallest absolute Gasteiger partial charge is 0.244 e. The fraction of sp³-hybridized carbons (Fsp3) is 0.643. The van der Waals surface area contributed by atoms with Gasteiger partial charge in [0.1, 0.15) is 0 Å². The van der Waals surface area contributed by atoms with Crippen molar-refractivity contribution < 1.29 is 9.90 Å². The minimum absolute atomic E-state index is 0.0283. The molecule has 96 valence electrons. The summed E-state index contributed by atoms with van der Waals surface area (Å²) in [5.41, 5.74) is -0.408. The van der Waals surface area contributed by atoms with Crippen molar-refractivity contribution in [2.75, 3.05) is 6.61 Å². The molecule has 0 aromatic rings. The second kappa shape index (κ2) is 6.60. The van der Waals surface area contributed by atoms with E-state index in [1.54, 1.807) is 6.08 Å². The zero-order valence-corrected chi connectivity index (χ0v) is 10.8. The quantitative estimate of drug-likeness (QED) is 0.581. The SMILES string of the molecule is C/C=C/C=C/C(=O)NC1(CO)CCCC(C)C1. The first-order valence-corrected chi connectivity index (χ1v) is 6.34. The van der Waals surface area contributed by atoms with Gasteiger partial charge in [0.15, 0.2) is 0 Å². The van der Waals surface area contributed by atoms with Crippen molar-refractivity contribution in [2.45, 2.75) is 45.1 Å². The van der Waals surface area contributed by atoms with Crippen LogP contribution in [0.2, 0.25) is 0 Å². The van der Waals surface area contributed by atoms with Gasteiger partial charge in [0.25, 0.3) is 0 Å². The van der Waals surface area contributed by atoms with Gasteiger partial charge < -0.3 is 10.4 Å². The Bertz CT molecular complexity index is 309. The number of hydrogen-bond acceptors (Lipinski definition) is 2. The zero-order valence-electron chi connectivity index (χ0n) is 10.8. The van der Waals surface area contributed by atoms with Crippen LogP contribution in [0, 0.1) is 5.92 Å². The van der Waals surface area contributed by atoms with Crippen molar-refractivity contribution in [3.05, 3.63) is 24.3 Å². The normalized spacial score (nSPS) is 29.9. The molecule has 1 aliphatic rings. The molecule has 17 heavy (non-hydrogen) atoms. The number of aliphatic hydroxyl groups is 1. The van der Waals surface area contributed by atoms with E-state index in [0.29, 0.717) is 5.92 Å². The highest BCUT2D eigenvalue weighted by atomic mass is 16.3. The predicted molar refractivity (Wildman–Crippen MR) is 69.5 cm³/mol. The van der Waals surface area contributed by atoms with Crippen molar-refractivity contribution in [3.63, 3.8) is 0 Å². The largest absolute Gasteiger partial charge is 0.394 e. The van der Waals surface area contributed by atoms with Gasteiger partial charge in [0, 0.05) is 6.08 Å². The third kappa shape index (κ3) is 4.35. The van der Waals surface area contributed by atoms with E-state index in [1.165, 1.54) is 12.5 Å². The number of amides is 1. The molecule has 0 radical (unpaired) electrons. The van der Waals surface area contributed by atoms with Crippen LogP contribution in [-0.2, 0) is 4.79 Å². The van der Waals surface area contributed by atoms with Gasteiger partial charge in [0.2, 0.25) is 5.91 Å². The second-order valence-electron chi connectivity index (χ2n) is 5.01. The first-order valence-electron chi connectivity index (χ1n) is 6.34. The van der Waals surface area contributed by atoms with E-state index in [1.807, 2.05) is 19.1 Å². The van der Waals surface area contributed by atoms with Gasteiger partial charge in [-0.25, -0.2) is 0 Å². The number of nitrogens with one attached hydrogen (secondary N) is 1. The van der Waals surface area contributed by atoms with E-state index in [-0.39, 0.29) is 12.5 Å². The average molecular weight is 237 g/mol. The van der Waals surface area contributed by atoms with Gasteiger partial charge in [-0.15, -0.1) is 0 Å². The van der Waals surface area contributed by atoms with Crippen LogP contribution >= 0.6 is 0 Å². The number of carbonyl (C=O) groups is 1.